The van der Waals surface area contributed by atoms with Crippen LogP contribution < -0.4 is 14.4 Å². The van der Waals surface area contributed by atoms with E-state index >= 15 is 0 Å². The van der Waals surface area contributed by atoms with Crippen molar-refractivity contribution in [3.8, 4) is 11.5 Å². The molecular formula is C20H22FN3O3S. The SMILES string of the molecule is COc1cccc(OCC(=O)N(CCN(C)C)c2nc3ccc(F)cc3s2)c1. The number of thiazole rings is 1. The summed E-state index contributed by atoms with van der Waals surface area (Å²) in [4.78, 5) is 20.9. The zero-order chi connectivity index (χ0) is 20.1. The molecule has 1 amide bonds. The van der Waals surface area contributed by atoms with Crippen LogP contribution in [0.15, 0.2) is 42.5 Å². The highest BCUT2D eigenvalue weighted by Gasteiger charge is 2.20. The Morgan fingerprint density at radius 1 is 1.14 bits per heavy atom. The van der Waals surface area contributed by atoms with Crippen LogP contribution in [0.2, 0.25) is 0 Å². The molecule has 1 heterocycles. The fourth-order valence-corrected chi connectivity index (χ4v) is 3.58. The first-order chi connectivity index (χ1) is 13.5. The summed E-state index contributed by atoms with van der Waals surface area (Å²) in [7, 11) is 5.44. The number of fused-ring (bicyclic) bond motifs is 1. The Balaban J connectivity index is 1.78. The summed E-state index contributed by atoms with van der Waals surface area (Å²) in [5, 5.41) is 0.529. The van der Waals surface area contributed by atoms with Gasteiger partial charge in [0.2, 0.25) is 0 Å². The molecule has 8 heteroatoms. The van der Waals surface area contributed by atoms with Gasteiger partial charge in [0.15, 0.2) is 11.7 Å². The number of benzene rings is 2. The molecule has 0 atom stereocenters. The fraction of sp³-hybridized carbons (Fsp3) is 0.300. The number of likely N-dealkylation sites (N-methyl/N-ethyl adjacent to an activating group) is 1. The number of carbonyl (C=O) groups is 1. The van der Waals surface area contributed by atoms with Crippen molar-refractivity contribution in [2.75, 3.05) is 45.8 Å². The molecule has 0 fully saturated rings. The van der Waals surface area contributed by atoms with Gasteiger partial charge in [0.25, 0.3) is 5.91 Å². The Morgan fingerprint density at radius 3 is 2.68 bits per heavy atom. The Labute approximate surface area is 167 Å². The van der Waals surface area contributed by atoms with Crippen LogP contribution in [0.1, 0.15) is 0 Å². The predicted molar refractivity (Wildman–Crippen MR) is 109 cm³/mol. The minimum Gasteiger partial charge on any atom is -0.497 e. The number of amides is 1. The molecule has 28 heavy (non-hydrogen) atoms. The zero-order valence-corrected chi connectivity index (χ0v) is 16.8. The molecule has 0 saturated carbocycles. The van der Waals surface area contributed by atoms with Crippen LogP contribution in [0, 0.1) is 5.82 Å². The van der Waals surface area contributed by atoms with E-state index < -0.39 is 0 Å². The molecular weight excluding hydrogens is 381 g/mol. The lowest BCUT2D eigenvalue weighted by atomic mass is 10.3. The smallest absolute Gasteiger partial charge is 0.266 e. The molecule has 0 bridgehead atoms. The summed E-state index contributed by atoms with van der Waals surface area (Å²) in [5.74, 6) is 0.661. The third kappa shape index (κ3) is 4.96. The summed E-state index contributed by atoms with van der Waals surface area (Å²) in [5.41, 5.74) is 0.665. The first-order valence-electron chi connectivity index (χ1n) is 8.74. The number of hydrogen-bond acceptors (Lipinski definition) is 6. The standard InChI is InChI=1S/C20H22FN3O3S/c1-23(2)9-10-24(20-22-17-8-7-14(21)11-18(17)28-20)19(25)13-27-16-6-4-5-15(12-16)26-3/h4-8,11-12H,9-10,13H2,1-3H3. The van der Waals surface area contributed by atoms with Gasteiger partial charge in [-0.25, -0.2) is 9.37 Å². The quantitative estimate of drug-likeness (QED) is 0.577. The Kier molecular flexibility index (Phi) is 6.43. The lowest BCUT2D eigenvalue weighted by molar-refractivity contribution is -0.120. The van der Waals surface area contributed by atoms with Crippen molar-refractivity contribution in [2.45, 2.75) is 0 Å². The van der Waals surface area contributed by atoms with Crippen molar-refractivity contribution in [1.29, 1.82) is 0 Å². The third-order valence-corrected chi connectivity index (χ3v) is 5.09. The van der Waals surface area contributed by atoms with E-state index in [1.54, 1.807) is 42.3 Å². The van der Waals surface area contributed by atoms with Gasteiger partial charge in [-0.2, -0.15) is 0 Å². The monoisotopic (exact) mass is 403 g/mol. The highest BCUT2D eigenvalue weighted by atomic mass is 32.1. The van der Waals surface area contributed by atoms with E-state index in [2.05, 4.69) is 4.98 Å². The van der Waals surface area contributed by atoms with Crippen molar-refractivity contribution in [3.63, 3.8) is 0 Å². The number of anilines is 1. The molecule has 0 aliphatic heterocycles. The van der Waals surface area contributed by atoms with Crippen LogP contribution in [0.4, 0.5) is 9.52 Å². The second-order valence-corrected chi connectivity index (χ2v) is 7.43. The maximum Gasteiger partial charge on any atom is 0.266 e. The Bertz CT molecular complexity index is 961. The largest absolute Gasteiger partial charge is 0.497 e. The molecule has 0 radical (unpaired) electrons. The van der Waals surface area contributed by atoms with E-state index in [4.69, 9.17) is 9.47 Å². The summed E-state index contributed by atoms with van der Waals surface area (Å²) in [6, 6.07) is 11.5. The number of aromatic nitrogens is 1. The highest BCUT2D eigenvalue weighted by Crippen LogP contribution is 2.29. The molecule has 0 aliphatic rings. The van der Waals surface area contributed by atoms with Crippen LogP contribution >= 0.6 is 11.3 Å². The minimum atomic E-state index is -0.324. The van der Waals surface area contributed by atoms with Gasteiger partial charge in [0.1, 0.15) is 17.3 Å². The number of methoxy groups -OCH3 is 1. The second-order valence-electron chi connectivity index (χ2n) is 6.42. The van der Waals surface area contributed by atoms with Gasteiger partial charge in [0.05, 0.1) is 17.3 Å². The molecule has 1 aromatic heterocycles. The molecule has 3 rings (SSSR count). The number of hydrogen-bond donors (Lipinski definition) is 0. The number of ether oxygens (including phenoxy) is 2. The molecule has 0 unspecified atom stereocenters. The summed E-state index contributed by atoms with van der Waals surface area (Å²) in [6.07, 6.45) is 0. The summed E-state index contributed by atoms with van der Waals surface area (Å²) in [6.45, 7) is 0.982. The first-order valence-corrected chi connectivity index (χ1v) is 9.56. The lowest BCUT2D eigenvalue weighted by Crippen LogP contribution is -2.39. The van der Waals surface area contributed by atoms with E-state index in [0.29, 0.717) is 39.9 Å². The molecule has 2 aromatic carbocycles. The molecule has 6 nitrogen and oxygen atoms in total. The molecule has 148 valence electrons. The van der Waals surface area contributed by atoms with E-state index in [1.165, 1.54) is 23.5 Å². The van der Waals surface area contributed by atoms with Crippen LogP contribution in [-0.4, -0.2) is 56.7 Å². The van der Waals surface area contributed by atoms with Crippen molar-refractivity contribution in [1.82, 2.24) is 9.88 Å². The van der Waals surface area contributed by atoms with Gasteiger partial charge in [-0.3, -0.25) is 9.69 Å². The molecule has 3 aromatic rings. The van der Waals surface area contributed by atoms with Gasteiger partial charge in [-0.15, -0.1) is 0 Å². The second kappa shape index (κ2) is 8.99. The van der Waals surface area contributed by atoms with Gasteiger partial charge in [-0.05, 0) is 44.4 Å². The zero-order valence-electron chi connectivity index (χ0n) is 16.0. The van der Waals surface area contributed by atoms with E-state index in [0.717, 1.165) is 0 Å². The van der Waals surface area contributed by atoms with E-state index in [-0.39, 0.29) is 18.3 Å². The molecule has 0 N–H and O–H groups in total. The van der Waals surface area contributed by atoms with Gasteiger partial charge < -0.3 is 14.4 Å². The van der Waals surface area contributed by atoms with Crippen molar-refractivity contribution in [2.24, 2.45) is 0 Å². The molecule has 0 aliphatic carbocycles. The predicted octanol–water partition coefficient (Wildman–Crippen LogP) is 3.42. The number of carbonyl (C=O) groups excluding carboxylic acids is 1. The maximum atomic E-state index is 13.5. The third-order valence-electron chi connectivity index (χ3n) is 4.05. The van der Waals surface area contributed by atoms with Gasteiger partial charge in [-0.1, -0.05) is 17.4 Å². The van der Waals surface area contributed by atoms with E-state index in [9.17, 15) is 9.18 Å². The normalized spacial score (nSPS) is 11.0. The van der Waals surface area contributed by atoms with Crippen molar-refractivity contribution in [3.05, 3.63) is 48.3 Å². The van der Waals surface area contributed by atoms with Crippen LogP contribution in [-0.2, 0) is 4.79 Å². The average Bonchev–Trinajstić information content (AvgIpc) is 3.09. The van der Waals surface area contributed by atoms with Crippen LogP contribution in [0.25, 0.3) is 10.2 Å². The Morgan fingerprint density at radius 2 is 1.93 bits per heavy atom. The fourth-order valence-electron chi connectivity index (χ4n) is 2.54. The molecule has 0 saturated heterocycles. The van der Waals surface area contributed by atoms with E-state index in [1.807, 2.05) is 19.0 Å². The summed E-state index contributed by atoms with van der Waals surface area (Å²) >= 11 is 1.29. The average molecular weight is 403 g/mol. The molecule has 0 spiro atoms. The topological polar surface area (TPSA) is 54.9 Å². The van der Waals surface area contributed by atoms with Crippen LogP contribution in [0.3, 0.4) is 0 Å². The maximum absolute atomic E-state index is 13.5. The lowest BCUT2D eigenvalue weighted by Gasteiger charge is -2.22. The van der Waals surface area contributed by atoms with Crippen molar-refractivity contribution < 1.29 is 18.7 Å². The highest BCUT2D eigenvalue weighted by molar-refractivity contribution is 7.22. The summed E-state index contributed by atoms with van der Waals surface area (Å²) < 4.78 is 25.0. The number of rotatable bonds is 8. The first kappa shape index (κ1) is 20.0. The van der Waals surface area contributed by atoms with Crippen molar-refractivity contribution >= 4 is 32.6 Å². The van der Waals surface area contributed by atoms with Gasteiger partial charge in [0, 0.05) is 19.2 Å². The van der Waals surface area contributed by atoms with Gasteiger partial charge >= 0.3 is 0 Å². The Hall–Kier alpha value is -2.71. The number of nitrogens with zero attached hydrogens (tertiary/aromatic N) is 3. The van der Waals surface area contributed by atoms with Crippen LogP contribution in [0.5, 0.6) is 11.5 Å². The minimum absolute atomic E-state index is 0.134. The number of halogens is 1.